The molecule has 0 aliphatic carbocycles. The van der Waals surface area contributed by atoms with Crippen molar-refractivity contribution in [2.24, 2.45) is 0 Å². The van der Waals surface area contributed by atoms with Crippen molar-refractivity contribution in [3.05, 3.63) is 47.5 Å². The first-order valence-electron chi connectivity index (χ1n) is 10.7. The van der Waals surface area contributed by atoms with Crippen LogP contribution in [0.4, 0.5) is 0 Å². The van der Waals surface area contributed by atoms with Gasteiger partial charge in [0.2, 0.25) is 0 Å². The fraction of sp³-hybridized carbons (Fsp3) is 0.417. The van der Waals surface area contributed by atoms with Crippen LogP contribution in [0, 0.1) is 11.8 Å². The highest BCUT2D eigenvalue weighted by Gasteiger charge is 2.45. The normalized spacial score (nSPS) is 25.9. The van der Waals surface area contributed by atoms with Gasteiger partial charge in [-0.15, -0.1) is 0 Å². The van der Waals surface area contributed by atoms with Gasteiger partial charge in [0.05, 0.1) is 6.61 Å². The maximum Gasteiger partial charge on any atom is 0.187 e. The van der Waals surface area contributed by atoms with Crippen molar-refractivity contribution in [1.29, 1.82) is 0 Å². The first kappa shape index (κ1) is 26.5. The van der Waals surface area contributed by atoms with Crippen LogP contribution in [-0.4, -0.2) is 91.4 Å². The van der Waals surface area contributed by atoms with Crippen molar-refractivity contribution in [2.75, 3.05) is 13.7 Å². The molecule has 11 heteroatoms. The van der Waals surface area contributed by atoms with Crippen LogP contribution in [0.5, 0.6) is 23.0 Å². The van der Waals surface area contributed by atoms with Crippen molar-refractivity contribution >= 4 is 0 Å². The number of hydrogen-bond acceptors (Lipinski definition) is 11. The summed E-state index contributed by atoms with van der Waals surface area (Å²) < 4.78 is 16.9. The zero-order chi connectivity index (χ0) is 25.7. The minimum Gasteiger partial charge on any atom is -0.504 e. The second-order valence-corrected chi connectivity index (χ2v) is 7.99. The standard InChI is InChI=1S/C24H28O11/c1-33-23(13-6-8-15(27)17(29)10-13)18(4-2-3-12-5-7-14(26)16(28)9-12)34-24-22(32)21(31)20(30)19(11-25)35-24/h5-10,18-32H,4,11H2,1H3/t18-,19-,20-,21+,22-,23+,24-/m1/s1. The van der Waals surface area contributed by atoms with E-state index in [-0.39, 0.29) is 23.7 Å². The molecular weight excluding hydrogens is 464 g/mol. The van der Waals surface area contributed by atoms with Gasteiger partial charge in [0, 0.05) is 19.1 Å². The molecule has 0 aromatic heterocycles. The number of phenolic OH excluding ortho intramolecular Hbond substituents is 4. The van der Waals surface area contributed by atoms with Gasteiger partial charge in [-0.2, -0.15) is 0 Å². The Morgan fingerprint density at radius 3 is 2.14 bits per heavy atom. The molecule has 0 unspecified atom stereocenters. The molecule has 1 aliphatic heterocycles. The summed E-state index contributed by atoms with van der Waals surface area (Å²) in [7, 11) is 1.36. The van der Waals surface area contributed by atoms with Gasteiger partial charge in [-0.25, -0.2) is 0 Å². The van der Waals surface area contributed by atoms with Gasteiger partial charge < -0.3 is 55.1 Å². The molecule has 0 radical (unpaired) electrons. The molecule has 1 aliphatic rings. The van der Waals surface area contributed by atoms with E-state index in [1.165, 1.54) is 43.5 Å². The van der Waals surface area contributed by atoms with Crippen LogP contribution in [0.25, 0.3) is 0 Å². The minimum atomic E-state index is -1.66. The SMILES string of the molecule is CO[C@@H](c1ccc(O)c(O)c1)[C@@H](CC#Cc1ccc(O)c(O)c1)O[C@@H]1O[C@H](CO)[C@@H](O)[C@H](O)[C@H]1O. The Balaban J connectivity index is 1.90. The minimum absolute atomic E-state index is 0.0448. The molecule has 2 aromatic carbocycles. The molecule has 7 atom stereocenters. The van der Waals surface area contributed by atoms with Gasteiger partial charge in [-0.05, 0) is 35.9 Å². The van der Waals surface area contributed by atoms with Crippen molar-refractivity contribution in [1.82, 2.24) is 0 Å². The number of methoxy groups -OCH3 is 1. The quantitative estimate of drug-likeness (QED) is 0.189. The van der Waals surface area contributed by atoms with Gasteiger partial charge in [-0.3, -0.25) is 0 Å². The van der Waals surface area contributed by atoms with E-state index in [0.717, 1.165) is 0 Å². The van der Waals surface area contributed by atoms with Crippen LogP contribution in [-0.2, 0) is 14.2 Å². The highest BCUT2D eigenvalue weighted by Crippen LogP contribution is 2.34. The van der Waals surface area contributed by atoms with E-state index in [2.05, 4.69) is 11.8 Å². The second-order valence-electron chi connectivity index (χ2n) is 7.99. The summed E-state index contributed by atoms with van der Waals surface area (Å²) in [5.41, 5.74) is 0.782. The lowest BCUT2D eigenvalue weighted by Crippen LogP contribution is -2.59. The summed E-state index contributed by atoms with van der Waals surface area (Å²) in [5.74, 6) is 4.26. The number of rotatable bonds is 7. The zero-order valence-electron chi connectivity index (χ0n) is 18.7. The second kappa shape index (κ2) is 11.6. The Morgan fingerprint density at radius 2 is 1.54 bits per heavy atom. The zero-order valence-corrected chi connectivity index (χ0v) is 18.7. The third-order valence-electron chi connectivity index (χ3n) is 5.59. The van der Waals surface area contributed by atoms with Crippen LogP contribution in [0.3, 0.4) is 0 Å². The summed E-state index contributed by atoms with van der Waals surface area (Å²) in [4.78, 5) is 0. The molecule has 190 valence electrons. The summed E-state index contributed by atoms with van der Waals surface area (Å²) >= 11 is 0. The van der Waals surface area contributed by atoms with Crippen molar-refractivity contribution in [3.63, 3.8) is 0 Å². The topological polar surface area (TPSA) is 190 Å². The summed E-state index contributed by atoms with van der Waals surface area (Å²) in [6, 6.07) is 8.03. The highest BCUT2D eigenvalue weighted by molar-refractivity contribution is 5.46. The van der Waals surface area contributed by atoms with Crippen LogP contribution in [0.2, 0.25) is 0 Å². The third-order valence-corrected chi connectivity index (χ3v) is 5.59. The van der Waals surface area contributed by atoms with Crippen molar-refractivity contribution in [3.8, 4) is 34.8 Å². The number of ether oxygens (including phenoxy) is 3. The summed E-state index contributed by atoms with van der Waals surface area (Å²) in [6.45, 7) is -0.640. The van der Waals surface area contributed by atoms with Gasteiger partial charge >= 0.3 is 0 Å². The summed E-state index contributed by atoms with van der Waals surface area (Å²) in [6.07, 6.45) is -9.49. The predicted molar refractivity (Wildman–Crippen MR) is 119 cm³/mol. The molecule has 1 saturated heterocycles. The van der Waals surface area contributed by atoms with Gasteiger partial charge in [0.15, 0.2) is 29.3 Å². The molecule has 8 N–H and O–H groups in total. The van der Waals surface area contributed by atoms with E-state index >= 15 is 0 Å². The molecule has 11 nitrogen and oxygen atoms in total. The largest absolute Gasteiger partial charge is 0.504 e. The predicted octanol–water partition coefficient (Wildman–Crippen LogP) is -0.177. The van der Waals surface area contributed by atoms with E-state index in [0.29, 0.717) is 11.1 Å². The maximum absolute atomic E-state index is 10.4. The average molecular weight is 492 g/mol. The Labute approximate surface area is 201 Å². The van der Waals surface area contributed by atoms with E-state index in [9.17, 15) is 40.9 Å². The molecule has 0 saturated carbocycles. The van der Waals surface area contributed by atoms with E-state index < -0.39 is 55.3 Å². The van der Waals surface area contributed by atoms with Crippen LogP contribution in [0.15, 0.2) is 36.4 Å². The Bertz CT molecular complexity index is 1060. The van der Waals surface area contributed by atoms with Gasteiger partial charge in [-0.1, -0.05) is 17.9 Å². The molecule has 3 rings (SSSR count). The molecule has 0 spiro atoms. The lowest BCUT2D eigenvalue weighted by molar-refractivity contribution is -0.317. The highest BCUT2D eigenvalue weighted by atomic mass is 16.7. The molecule has 0 amide bonds. The smallest absolute Gasteiger partial charge is 0.187 e. The molecule has 1 fully saturated rings. The lowest BCUT2D eigenvalue weighted by atomic mass is 9.98. The average Bonchev–Trinajstić information content (AvgIpc) is 2.84. The number of benzene rings is 2. The fourth-order valence-corrected chi connectivity index (χ4v) is 3.65. The maximum atomic E-state index is 10.4. The Morgan fingerprint density at radius 1 is 0.886 bits per heavy atom. The molecule has 0 bridgehead atoms. The number of phenols is 4. The fourth-order valence-electron chi connectivity index (χ4n) is 3.65. The van der Waals surface area contributed by atoms with Crippen LogP contribution < -0.4 is 0 Å². The van der Waals surface area contributed by atoms with Gasteiger partial charge in [0.1, 0.15) is 36.6 Å². The molecular formula is C24H28O11. The Kier molecular flexibility index (Phi) is 8.76. The first-order chi connectivity index (χ1) is 16.7. The van der Waals surface area contributed by atoms with Crippen molar-refractivity contribution in [2.45, 2.75) is 49.3 Å². The molecule has 2 aromatic rings. The molecule has 1 heterocycles. The van der Waals surface area contributed by atoms with Crippen molar-refractivity contribution < 1.29 is 55.1 Å². The van der Waals surface area contributed by atoms with E-state index in [1.807, 2.05) is 0 Å². The molecule has 35 heavy (non-hydrogen) atoms. The van der Waals surface area contributed by atoms with Crippen LogP contribution >= 0.6 is 0 Å². The van der Waals surface area contributed by atoms with E-state index in [4.69, 9.17) is 14.2 Å². The number of aliphatic hydroxyl groups is 4. The lowest BCUT2D eigenvalue weighted by Gasteiger charge is -2.41. The number of hydrogen-bond donors (Lipinski definition) is 8. The third kappa shape index (κ3) is 6.14. The van der Waals surface area contributed by atoms with Crippen LogP contribution in [0.1, 0.15) is 23.7 Å². The van der Waals surface area contributed by atoms with Gasteiger partial charge in [0.25, 0.3) is 0 Å². The summed E-state index contributed by atoms with van der Waals surface area (Å²) in [5, 5.41) is 78.6. The van der Waals surface area contributed by atoms with E-state index in [1.54, 1.807) is 0 Å². The monoisotopic (exact) mass is 492 g/mol. The number of aromatic hydroxyl groups is 4. The number of aliphatic hydroxyl groups excluding tert-OH is 4. The Hall–Kier alpha value is -3.08. The first-order valence-corrected chi connectivity index (χ1v) is 10.7.